The van der Waals surface area contributed by atoms with Gasteiger partial charge in [0.2, 0.25) is 5.43 Å². The molecule has 210 valence electrons. The fourth-order valence-electron chi connectivity index (χ4n) is 4.55. The van der Waals surface area contributed by atoms with Crippen LogP contribution >= 0.6 is 0 Å². The maximum atomic E-state index is 15.3. The van der Waals surface area contributed by atoms with Crippen molar-refractivity contribution in [1.29, 1.82) is 0 Å². The van der Waals surface area contributed by atoms with E-state index in [1.54, 1.807) is 68.8 Å². The first-order valence-corrected chi connectivity index (χ1v) is 13.3. The van der Waals surface area contributed by atoms with Gasteiger partial charge < -0.3 is 24.9 Å². The summed E-state index contributed by atoms with van der Waals surface area (Å²) in [6.45, 7) is 3.44. The van der Waals surface area contributed by atoms with Crippen molar-refractivity contribution in [3.8, 4) is 28.4 Å². The van der Waals surface area contributed by atoms with Gasteiger partial charge in [-0.2, -0.15) is 0 Å². The number of benzene rings is 3. The minimum atomic E-state index is -0.976. The van der Waals surface area contributed by atoms with Gasteiger partial charge in [0.05, 0.1) is 22.0 Å². The summed E-state index contributed by atoms with van der Waals surface area (Å²) in [6, 6.07) is 22.4. The van der Waals surface area contributed by atoms with Gasteiger partial charge in [-0.3, -0.25) is 9.78 Å². The monoisotopic (exact) mass is 562 g/mol. The molecule has 0 fully saturated rings. The van der Waals surface area contributed by atoms with Gasteiger partial charge in [-0.05, 0) is 55.8 Å². The van der Waals surface area contributed by atoms with Crippen molar-refractivity contribution in [2.75, 3.05) is 11.9 Å². The Balaban J connectivity index is 1.26. The molecule has 0 aliphatic heterocycles. The topological polar surface area (TPSA) is 109 Å². The van der Waals surface area contributed by atoms with Crippen LogP contribution in [0, 0.1) is 5.82 Å². The molecule has 3 aromatic heterocycles. The van der Waals surface area contributed by atoms with E-state index in [1.165, 1.54) is 12.1 Å². The minimum absolute atomic E-state index is 0.0190. The lowest BCUT2D eigenvalue weighted by molar-refractivity contribution is 0.0285. The third-order valence-corrected chi connectivity index (χ3v) is 6.56. The average Bonchev–Trinajstić information content (AvgIpc) is 2.98. The molecular formula is C33H27FN4O4. The highest BCUT2D eigenvalue weighted by atomic mass is 19.1. The van der Waals surface area contributed by atoms with E-state index in [0.29, 0.717) is 50.4 Å². The smallest absolute Gasteiger partial charge is 0.200 e. The normalized spacial score (nSPS) is 11.5. The summed E-state index contributed by atoms with van der Waals surface area (Å²) in [5.74, 6) is 0.694. The molecule has 0 aliphatic carbocycles. The van der Waals surface area contributed by atoms with Crippen molar-refractivity contribution < 1.29 is 19.0 Å². The lowest BCUT2D eigenvalue weighted by Gasteiger charge is -2.18. The van der Waals surface area contributed by atoms with E-state index < -0.39 is 11.4 Å². The van der Waals surface area contributed by atoms with Crippen LogP contribution in [0.2, 0.25) is 0 Å². The predicted molar refractivity (Wildman–Crippen MR) is 161 cm³/mol. The Kier molecular flexibility index (Phi) is 7.02. The van der Waals surface area contributed by atoms with Gasteiger partial charge in [-0.25, -0.2) is 9.37 Å². The van der Waals surface area contributed by atoms with Gasteiger partial charge in [-0.1, -0.05) is 30.3 Å². The predicted octanol–water partition coefficient (Wildman–Crippen LogP) is 6.96. The molecule has 6 aromatic rings. The van der Waals surface area contributed by atoms with Crippen LogP contribution in [-0.2, 0) is 0 Å². The molecule has 0 aliphatic rings. The summed E-state index contributed by atoms with van der Waals surface area (Å²) in [4.78, 5) is 25.4. The number of halogens is 1. The van der Waals surface area contributed by atoms with E-state index in [4.69, 9.17) is 9.47 Å². The van der Waals surface area contributed by atoms with E-state index in [9.17, 15) is 9.90 Å². The molecule has 42 heavy (non-hydrogen) atoms. The molecule has 9 heteroatoms. The van der Waals surface area contributed by atoms with Crippen molar-refractivity contribution in [2.24, 2.45) is 0 Å². The molecule has 8 nitrogen and oxygen atoms in total. The summed E-state index contributed by atoms with van der Waals surface area (Å²) in [6.07, 6.45) is 4.83. The number of hydrogen-bond acceptors (Lipinski definition) is 7. The van der Waals surface area contributed by atoms with E-state index in [1.807, 2.05) is 30.3 Å². The van der Waals surface area contributed by atoms with Crippen LogP contribution < -0.4 is 20.2 Å². The van der Waals surface area contributed by atoms with Crippen molar-refractivity contribution in [3.05, 3.63) is 113 Å². The maximum Gasteiger partial charge on any atom is 0.200 e. The highest BCUT2D eigenvalue weighted by Crippen LogP contribution is 2.34. The molecule has 0 saturated heterocycles. The Labute approximate surface area is 240 Å². The Morgan fingerprint density at radius 2 is 1.76 bits per heavy atom. The fourth-order valence-corrected chi connectivity index (χ4v) is 4.55. The first-order chi connectivity index (χ1) is 20.2. The fraction of sp³-hybridized carbons (Fsp3) is 0.121. The maximum absolute atomic E-state index is 15.3. The Hall–Kier alpha value is -5.28. The molecule has 6 rings (SSSR count). The van der Waals surface area contributed by atoms with Gasteiger partial charge in [0.1, 0.15) is 23.9 Å². The first-order valence-electron chi connectivity index (χ1n) is 13.3. The summed E-state index contributed by atoms with van der Waals surface area (Å²) >= 11 is 0. The number of aromatic amines is 1. The summed E-state index contributed by atoms with van der Waals surface area (Å²) in [5, 5.41) is 14.0. The number of aromatic nitrogens is 3. The van der Waals surface area contributed by atoms with Crippen LogP contribution in [0.15, 0.2) is 102 Å². The molecular weight excluding hydrogens is 535 g/mol. The van der Waals surface area contributed by atoms with Crippen LogP contribution in [0.3, 0.4) is 0 Å². The number of anilines is 2. The van der Waals surface area contributed by atoms with Crippen LogP contribution in [0.5, 0.6) is 17.2 Å². The highest BCUT2D eigenvalue weighted by molar-refractivity contribution is 5.93. The molecule has 0 amide bonds. The summed E-state index contributed by atoms with van der Waals surface area (Å²) < 4.78 is 26.9. The third-order valence-electron chi connectivity index (χ3n) is 6.56. The van der Waals surface area contributed by atoms with Crippen molar-refractivity contribution in [3.63, 3.8) is 0 Å². The molecule has 0 bridgehead atoms. The van der Waals surface area contributed by atoms with Crippen LogP contribution in [0.25, 0.3) is 32.9 Å². The lowest BCUT2D eigenvalue weighted by atomic mass is 10.1. The Bertz CT molecular complexity index is 1970. The standard InChI is InChI=1S/C33H27FN4O4/c1-33(2,40)19-41-22-9-10-23-27(17-22)35-15-13-28(23)42-29-11-8-21(16-25(29)34)38-32-30-26(12-14-36-32)37-18-24(31(30)39)20-6-4-3-5-7-20/h3-18,40H,19H2,1-2H3,(H,36,38)(H,37,39). The number of ether oxygens (including phenoxy) is 2. The molecule has 3 heterocycles. The zero-order chi connectivity index (χ0) is 29.3. The summed E-state index contributed by atoms with van der Waals surface area (Å²) in [7, 11) is 0. The zero-order valence-corrected chi connectivity index (χ0v) is 22.9. The second-order valence-corrected chi connectivity index (χ2v) is 10.4. The molecule has 0 saturated carbocycles. The van der Waals surface area contributed by atoms with Crippen molar-refractivity contribution >= 4 is 33.3 Å². The van der Waals surface area contributed by atoms with Crippen molar-refractivity contribution in [1.82, 2.24) is 15.0 Å². The average molecular weight is 563 g/mol. The quantitative estimate of drug-likeness (QED) is 0.184. The molecule has 3 N–H and O–H groups in total. The second kappa shape index (κ2) is 10.9. The van der Waals surface area contributed by atoms with Gasteiger partial charge in [0, 0.05) is 47.4 Å². The molecule has 0 radical (unpaired) electrons. The SMILES string of the molecule is CC(C)(O)COc1ccc2c(Oc3ccc(Nc4nccc5[nH]cc(-c6ccccc6)c(=O)c45)cc3F)ccnc2c1. The lowest BCUT2D eigenvalue weighted by Crippen LogP contribution is -2.27. The zero-order valence-electron chi connectivity index (χ0n) is 22.9. The van der Waals surface area contributed by atoms with Gasteiger partial charge in [-0.15, -0.1) is 0 Å². The number of fused-ring (bicyclic) bond motifs is 2. The Morgan fingerprint density at radius 1 is 0.952 bits per heavy atom. The van der Waals surface area contributed by atoms with E-state index in [2.05, 4.69) is 20.3 Å². The van der Waals surface area contributed by atoms with Crippen LogP contribution in [0.1, 0.15) is 13.8 Å². The molecule has 0 atom stereocenters. The van der Waals surface area contributed by atoms with Crippen LogP contribution in [-0.4, -0.2) is 32.3 Å². The number of nitrogens with zero attached hydrogens (tertiary/aromatic N) is 2. The molecule has 0 unspecified atom stereocenters. The minimum Gasteiger partial charge on any atom is -0.491 e. The number of pyridine rings is 3. The first kappa shape index (κ1) is 26.9. The largest absolute Gasteiger partial charge is 0.491 e. The van der Waals surface area contributed by atoms with Crippen LogP contribution in [0.4, 0.5) is 15.9 Å². The number of nitrogens with one attached hydrogen (secondary N) is 2. The Morgan fingerprint density at radius 3 is 2.55 bits per heavy atom. The van der Waals surface area contributed by atoms with E-state index in [-0.39, 0.29) is 17.8 Å². The number of rotatable bonds is 8. The summed E-state index contributed by atoms with van der Waals surface area (Å²) in [5.41, 5.74) is 1.73. The third kappa shape index (κ3) is 5.63. The highest BCUT2D eigenvalue weighted by Gasteiger charge is 2.16. The van der Waals surface area contributed by atoms with E-state index in [0.717, 1.165) is 5.56 Å². The number of aliphatic hydroxyl groups is 1. The number of H-pyrrole nitrogens is 1. The van der Waals surface area contributed by atoms with Crippen molar-refractivity contribution in [2.45, 2.75) is 19.4 Å². The molecule has 3 aromatic carbocycles. The second-order valence-electron chi connectivity index (χ2n) is 10.4. The van der Waals surface area contributed by atoms with Gasteiger partial charge in [0.25, 0.3) is 0 Å². The molecule has 0 spiro atoms. The number of hydrogen-bond donors (Lipinski definition) is 3. The van der Waals surface area contributed by atoms with Gasteiger partial charge in [0.15, 0.2) is 11.6 Å². The van der Waals surface area contributed by atoms with Gasteiger partial charge >= 0.3 is 0 Å². The van der Waals surface area contributed by atoms with E-state index >= 15 is 4.39 Å².